The van der Waals surface area contributed by atoms with Crippen LogP contribution < -0.4 is 16.0 Å². The van der Waals surface area contributed by atoms with Gasteiger partial charge in [-0.3, -0.25) is 9.59 Å². The van der Waals surface area contributed by atoms with Crippen LogP contribution in [0.4, 0.5) is 15.8 Å². The Morgan fingerprint density at radius 2 is 1.87 bits per heavy atom. The molecule has 164 valence electrons. The van der Waals surface area contributed by atoms with Gasteiger partial charge < -0.3 is 16.0 Å². The molecule has 2 aliphatic rings. The Kier molecular flexibility index (Phi) is 5.95. The van der Waals surface area contributed by atoms with E-state index in [9.17, 15) is 22.4 Å². The van der Waals surface area contributed by atoms with Crippen molar-refractivity contribution in [3.63, 3.8) is 0 Å². The van der Waals surface area contributed by atoms with E-state index < -0.39 is 33.4 Å². The van der Waals surface area contributed by atoms with Gasteiger partial charge >= 0.3 is 0 Å². The number of hydrogen-bond acceptors (Lipinski definition) is 5. The number of fused-ring (bicyclic) bond motifs is 1. The second-order valence-corrected chi connectivity index (χ2v) is 10.2. The molecule has 1 unspecified atom stereocenters. The van der Waals surface area contributed by atoms with Gasteiger partial charge in [0.2, 0.25) is 5.91 Å². The second kappa shape index (κ2) is 8.66. The van der Waals surface area contributed by atoms with Gasteiger partial charge in [-0.05, 0) is 48.7 Å². The maximum absolute atomic E-state index is 13.3. The largest absolute Gasteiger partial charge is 0.371 e. The maximum Gasteiger partial charge on any atom is 0.251 e. The predicted molar refractivity (Wildman–Crippen MR) is 116 cm³/mol. The van der Waals surface area contributed by atoms with E-state index in [1.165, 1.54) is 24.3 Å². The van der Waals surface area contributed by atoms with Crippen molar-refractivity contribution < 1.29 is 22.4 Å². The van der Waals surface area contributed by atoms with Gasteiger partial charge in [0.1, 0.15) is 11.9 Å². The fraction of sp³-hybridized carbons (Fsp3) is 0.364. The number of halogens is 1. The average Bonchev–Trinajstić information content (AvgIpc) is 3.20. The first-order valence-electron chi connectivity index (χ1n) is 10.3. The number of sulfone groups is 1. The van der Waals surface area contributed by atoms with Crippen LogP contribution in [0.25, 0.3) is 0 Å². The fourth-order valence-electron chi connectivity index (χ4n) is 4.04. The highest BCUT2D eigenvalue weighted by molar-refractivity contribution is 7.90. The Hall–Kier alpha value is -2.94. The van der Waals surface area contributed by atoms with E-state index in [0.717, 1.165) is 25.7 Å². The summed E-state index contributed by atoms with van der Waals surface area (Å²) in [5.41, 5.74) is 1.74. The van der Waals surface area contributed by atoms with Gasteiger partial charge in [-0.2, -0.15) is 0 Å². The van der Waals surface area contributed by atoms with Crippen molar-refractivity contribution in [1.82, 2.24) is 5.32 Å². The molecule has 31 heavy (non-hydrogen) atoms. The third-order valence-corrected chi connectivity index (χ3v) is 7.19. The van der Waals surface area contributed by atoms with Crippen molar-refractivity contribution in [2.75, 3.05) is 16.4 Å². The average molecular weight is 446 g/mol. The summed E-state index contributed by atoms with van der Waals surface area (Å²) < 4.78 is 38.4. The fourth-order valence-corrected chi connectivity index (χ4v) is 5.59. The predicted octanol–water partition coefficient (Wildman–Crippen LogP) is 2.85. The standard InChI is InChI=1S/C22H24FN3O4S/c23-16-5-3-4-14(10-16)12-31(29,30)13-20-22(28)26-19-11-15(8-9-18(19)25-20)21(27)24-17-6-1-2-7-17/h3-5,8-11,17,20,25H,1-2,6-7,12-13H2,(H,24,27)(H,26,28). The lowest BCUT2D eigenvalue weighted by molar-refractivity contribution is -0.116. The van der Waals surface area contributed by atoms with Crippen molar-refractivity contribution in [3.8, 4) is 0 Å². The van der Waals surface area contributed by atoms with Crippen LogP contribution in [0.5, 0.6) is 0 Å². The number of rotatable bonds is 6. The van der Waals surface area contributed by atoms with Crippen LogP contribution >= 0.6 is 0 Å². The Morgan fingerprint density at radius 3 is 2.61 bits per heavy atom. The molecule has 1 atom stereocenters. The minimum absolute atomic E-state index is 0.184. The molecule has 0 bridgehead atoms. The molecule has 7 nitrogen and oxygen atoms in total. The molecular weight excluding hydrogens is 421 g/mol. The van der Waals surface area contributed by atoms with Gasteiger partial charge in [0.25, 0.3) is 5.91 Å². The molecule has 1 aliphatic carbocycles. The number of amides is 2. The summed E-state index contributed by atoms with van der Waals surface area (Å²) in [6.07, 6.45) is 4.17. The zero-order valence-electron chi connectivity index (χ0n) is 16.9. The molecule has 0 radical (unpaired) electrons. The highest BCUT2D eigenvalue weighted by Gasteiger charge is 2.31. The van der Waals surface area contributed by atoms with Crippen LogP contribution in [-0.4, -0.2) is 38.1 Å². The van der Waals surface area contributed by atoms with Crippen LogP contribution in [0.15, 0.2) is 42.5 Å². The number of anilines is 2. The Morgan fingerprint density at radius 1 is 1.10 bits per heavy atom. The summed E-state index contributed by atoms with van der Waals surface area (Å²) in [5.74, 6) is -1.99. The molecule has 0 saturated heterocycles. The zero-order chi connectivity index (χ0) is 22.0. The van der Waals surface area contributed by atoms with Crippen LogP contribution in [0, 0.1) is 5.82 Å². The van der Waals surface area contributed by atoms with E-state index >= 15 is 0 Å². The first-order valence-corrected chi connectivity index (χ1v) is 12.1. The summed E-state index contributed by atoms with van der Waals surface area (Å²) >= 11 is 0. The second-order valence-electron chi connectivity index (χ2n) is 8.09. The van der Waals surface area contributed by atoms with E-state index in [4.69, 9.17) is 0 Å². The Balaban J connectivity index is 1.43. The lowest BCUT2D eigenvalue weighted by atomic mass is 10.1. The van der Waals surface area contributed by atoms with Crippen LogP contribution in [-0.2, 0) is 20.4 Å². The molecule has 1 fully saturated rings. The summed E-state index contributed by atoms with van der Waals surface area (Å²) in [7, 11) is -3.68. The van der Waals surface area contributed by atoms with Gasteiger partial charge in [-0.15, -0.1) is 0 Å². The molecule has 4 rings (SSSR count). The first kappa shape index (κ1) is 21.3. The number of hydrogen-bond donors (Lipinski definition) is 3. The van der Waals surface area contributed by atoms with Gasteiger partial charge in [-0.25, -0.2) is 12.8 Å². The van der Waals surface area contributed by atoms with Gasteiger partial charge in [0.15, 0.2) is 9.84 Å². The molecule has 2 aromatic rings. The third kappa shape index (κ3) is 5.22. The van der Waals surface area contributed by atoms with E-state index in [1.807, 2.05) is 0 Å². The normalized spacial score (nSPS) is 18.7. The van der Waals surface area contributed by atoms with Crippen molar-refractivity contribution in [3.05, 3.63) is 59.4 Å². The Labute approximate surface area is 180 Å². The molecule has 9 heteroatoms. The third-order valence-electron chi connectivity index (χ3n) is 5.57. The van der Waals surface area contributed by atoms with Crippen molar-refractivity contribution >= 4 is 33.0 Å². The van der Waals surface area contributed by atoms with E-state index in [2.05, 4.69) is 16.0 Å². The topological polar surface area (TPSA) is 104 Å². The van der Waals surface area contributed by atoms with Gasteiger partial charge in [0.05, 0.1) is 22.9 Å². The molecule has 2 amide bonds. The molecule has 1 saturated carbocycles. The van der Waals surface area contributed by atoms with Crippen molar-refractivity contribution in [1.29, 1.82) is 0 Å². The number of carbonyl (C=O) groups excluding carboxylic acids is 2. The minimum atomic E-state index is -3.68. The SMILES string of the molecule is O=C(NC1CCCC1)c1ccc2c(c1)NC(=O)C(CS(=O)(=O)Cc1cccc(F)c1)N2. The highest BCUT2D eigenvalue weighted by Crippen LogP contribution is 2.29. The van der Waals surface area contributed by atoms with Gasteiger partial charge in [-0.1, -0.05) is 25.0 Å². The lowest BCUT2D eigenvalue weighted by Gasteiger charge is -2.27. The Bertz CT molecular complexity index is 1110. The number of nitrogens with one attached hydrogen (secondary N) is 3. The maximum atomic E-state index is 13.3. The molecule has 0 aromatic heterocycles. The number of carbonyl (C=O) groups is 2. The molecule has 3 N–H and O–H groups in total. The molecule has 0 spiro atoms. The van der Waals surface area contributed by atoms with E-state index in [1.54, 1.807) is 18.2 Å². The smallest absolute Gasteiger partial charge is 0.251 e. The quantitative estimate of drug-likeness (QED) is 0.634. The van der Waals surface area contributed by atoms with Crippen molar-refractivity contribution in [2.45, 2.75) is 43.5 Å². The monoisotopic (exact) mass is 445 g/mol. The van der Waals surface area contributed by atoms with E-state index in [-0.39, 0.29) is 17.7 Å². The van der Waals surface area contributed by atoms with Crippen LogP contribution in [0.1, 0.15) is 41.6 Å². The van der Waals surface area contributed by atoms with Crippen molar-refractivity contribution in [2.24, 2.45) is 0 Å². The highest BCUT2D eigenvalue weighted by atomic mass is 32.2. The van der Waals surface area contributed by atoms with Gasteiger partial charge in [0, 0.05) is 11.6 Å². The van der Waals surface area contributed by atoms with Crippen LogP contribution in [0.2, 0.25) is 0 Å². The molecule has 1 heterocycles. The first-order chi connectivity index (χ1) is 14.8. The van der Waals surface area contributed by atoms with Crippen LogP contribution in [0.3, 0.4) is 0 Å². The summed E-state index contributed by atoms with van der Waals surface area (Å²) in [4.78, 5) is 25.0. The summed E-state index contributed by atoms with van der Waals surface area (Å²) in [6, 6.07) is 9.47. The summed E-state index contributed by atoms with van der Waals surface area (Å²) in [5, 5.41) is 8.63. The molecule has 1 aliphatic heterocycles. The number of benzene rings is 2. The zero-order valence-corrected chi connectivity index (χ0v) is 17.7. The van der Waals surface area contributed by atoms with E-state index in [0.29, 0.717) is 22.5 Å². The minimum Gasteiger partial charge on any atom is -0.371 e. The summed E-state index contributed by atoms with van der Waals surface area (Å²) in [6.45, 7) is 0. The lowest BCUT2D eigenvalue weighted by Crippen LogP contribution is -2.43. The molecular formula is C22H24FN3O4S. The molecule has 2 aromatic carbocycles.